The van der Waals surface area contributed by atoms with Crippen LogP contribution in [-0.2, 0) is 11.2 Å². The lowest BCUT2D eigenvalue weighted by atomic mass is 9.84. The second-order valence-corrected chi connectivity index (χ2v) is 9.61. The van der Waals surface area contributed by atoms with Crippen molar-refractivity contribution < 1.29 is 19.3 Å². The van der Waals surface area contributed by atoms with E-state index in [1.807, 2.05) is 6.07 Å². The molecule has 0 unspecified atom stereocenters. The van der Waals surface area contributed by atoms with Crippen molar-refractivity contribution in [2.75, 3.05) is 34.0 Å². The van der Waals surface area contributed by atoms with E-state index in [9.17, 15) is 5.11 Å². The standard InChI is InChI=1S/C26H46N2O4/c1-19(2)22(11-12-23(29)26(27)28-14-7-6-9-20(28)3)17-21-10-13-24(31-5)25(18-21)32-16-8-15-30-4/h10,13,18-20,22-23,26,29H,6-9,11-12,14-17,27H2,1-5H3/t20-,22-,23-,26-/m0/s1. The Labute approximate surface area is 195 Å². The molecular weight excluding hydrogens is 404 g/mol. The van der Waals surface area contributed by atoms with Crippen LogP contribution in [-0.4, -0.2) is 62.3 Å². The van der Waals surface area contributed by atoms with Gasteiger partial charge in [0.05, 0.1) is 26.0 Å². The minimum atomic E-state index is -0.493. The van der Waals surface area contributed by atoms with Crippen LogP contribution in [0.4, 0.5) is 0 Å². The topological polar surface area (TPSA) is 77.2 Å². The second-order valence-electron chi connectivity index (χ2n) is 9.61. The Morgan fingerprint density at radius 3 is 2.56 bits per heavy atom. The molecular formula is C26H46N2O4. The zero-order valence-corrected chi connectivity index (χ0v) is 20.9. The fourth-order valence-electron chi connectivity index (χ4n) is 4.66. The van der Waals surface area contributed by atoms with Crippen molar-refractivity contribution in [3.8, 4) is 11.5 Å². The van der Waals surface area contributed by atoms with Crippen LogP contribution in [0, 0.1) is 11.8 Å². The maximum absolute atomic E-state index is 10.8. The normalized spacial score (nSPS) is 20.2. The molecule has 0 saturated carbocycles. The number of ether oxygens (including phenoxy) is 3. The summed E-state index contributed by atoms with van der Waals surface area (Å²) >= 11 is 0. The van der Waals surface area contributed by atoms with Gasteiger partial charge in [-0.2, -0.15) is 0 Å². The molecule has 4 atom stereocenters. The van der Waals surface area contributed by atoms with E-state index in [-0.39, 0.29) is 6.17 Å². The molecule has 6 heteroatoms. The summed E-state index contributed by atoms with van der Waals surface area (Å²) in [4.78, 5) is 2.29. The summed E-state index contributed by atoms with van der Waals surface area (Å²) in [5.41, 5.74) is 7.68. The average molecular weight is 451 g/mol. The molecule has 0 radical (unpaired) electrons. The maximum Gasteiger partial charge on any atom is 0.161 e. The van der Waals surface area contributed by atoms with Gasteiger partial charge in [0.25, 0.3) is 0 Å². The van der Waals surface area contributed by atoms with Crippen molar-refractivity contribution in [1.29, 1.82) is 0 Å². The van der Waals surface area contributed by atoms with Crippen molar-refractivity contribution in [2.45, 2.75) is 84.0 Å². The molecule has 32 heavy (non-hydrogen) atoms. The first-order valence-corrected chi connectivity index (χ1v) is 12.3. The van der Waals surface area contributed by atoms with Gasteiger partial charge in [-0.15, -0.1) is 0 Å². The van der Waals surface area contributed by atoms with E-state index >= 15 is 0 Å². The van der Waals surface area contributed by atoms with Gasteiger partial charge in [0.15, 0.2) is 11.5 Å². The maximum atomic E-state index is 10.8. The van der Waals surface area contributed by atoms with Crippen molar-refractivity contribution >= 4 is 0 Å². The van der Waals surface area contributed by atoms with Gasteiger partial charge in [-0.05, 0) is 75.1 Å². The average Bonchev–Trinajstić information content (AvgIpc) is 2.79. The van der Waals surface area contributed by atoms with Crippen LogP contribution in [0.2, 0.25) is 0 Å². The smallest absolute Gasteiger partial charge is 0.161 e. The molecule has 1 saturated heterocycles. The summed E-state index contributed by atoms with van der Waals surface area (Å²) in [5, 5.41) is 10.8. The third kappa shape index (κ3) is 8.22. The number of methoxy groups -OCH3 is 2. The number of nitrogens with zero attached hydrogens (tertiary/aromatic N) is 1. The number of benzene rings is 1. The summed E-state index contributed by atoms with van der Waals surface area (Å²) in [6, 6.07) is 6.66. The summed E-state index contributed by atoms with van der Waals surface area (Å²) < 4.78 is 16.5. The molecule has 0 amide bonds. The van der Waals surface area contributed by atoms with E-state index in [2.05, 4.69) is 37.8 Å². The number of likely N-dealkylation sites (tertiary alicyclic amines) is 1. The molecule has 1 aliphatic heterocycles. The molecule has 1 aromatic carbocycles. The quantitative estimate of drug-likeness (QED) is 0.413. The Morgan fingerprint density at radius 2 is 1.91 bits per heavy atom. The van der Waals surface area contributed by atoms with E-state index in [4.69, 9.17) is 19.9 Å². The van der Waals surface area contributed by atoms with Crippen molar-refractivity contribution in [3.63, 3.8) is 0 Å². The molecule has 6 nitrogen and oxygen atoms in total. The number of piperidine rings is 1. The van der Waals surface area contributed by atoms with Gasteiger partial charge in [-0.1, -0.05) is 26.3 Å². The van der Waals surface area contributed by atoms with Gasteiger partial charge in [-0.3, -0.25) is 4.90 Å². The monoisotopic (exact) mass is 450 g/mol. The van der Waals surface area contributed by atoms with E-state index < -0.39 is 6.10 Å². The number of rotatable bonds is 14. The molecule has 0 aliphatic carbocycles. The highest BCUT2D eigenvalue weighted by atomic mass is 16.5. The van der Waals surface area contributed by atoms with E-state index in [1.165, 1.54) is 24.8 Å². The molecule has 3 N–H and O–H groups in total. The molecule has 1 heterocycles. The second kappa shape index (κ2) is 14.0. The molecule has 184 valence electrons. The zero-order valence-electron chi connectivity index (χ0n) is 20.9. The van der Waals surface area contributed by atoms with Crippen LogP contribution in [0.5, 0.6) is 11.5 Å². The zero-order chi connectivity index (χ0) is 23.5. The van der Waals surface area contributed by atoms with Gasteiger partial charge in [0.1, 0.15) is 0 Å². The first-order valence-electron chi connectivity index (χ1n) is 12.3. The fourth-order valence-corrected chi connectivity index (χ4v) is 4.66. The van der Waals surface area contributed by atoms with Crippen LogP contribution >= 0.6 is 0 Å². The molecule has 2 rings (SSSR count). The summed E-state index contributed by atoms with van der Waals surface area (Å²) in [6.07, 6.45) is 6.29. The number of nitrogens with two attached hydrogens (primary N) is 1. The predicted octanol–water partition coefficient (Wildman–Crippen LogP) is 4.23. The number of hydrogen-bond acceptors (Lipinski definition) is 6. The third-order valence-electron chi connectivity index (χ3n) is 6.88. The van der Waals surface area contributed by atoms with Gasteiger partial charge < -0.3 is 25.1 Å². The molecule has 1 aliphatic rings. The Kier molecular flexibility index (Phi) is 11.8. The van der Waals surface area contributed by atoms with E-state index in [1.54, 1.807) is 14.2 Å². The predicted molar refractivity (Wildman–Crippen MR) is 130 cm³/mol. The molecule has 0 aromatic heterocycles. The Morgan fingerprint density at radius 1 is 1.12 bits per heavy atom. The molecule has 1 fully saturated rings. The minimum Gasteiger partial charge on any atom is -0.493 e. The lowest BCUT2D eigenvalue weighted by Gasteiger charge is -2.40. The van der Waals surface area contributed by atoms with Crippen LogP contribution in [0.1, 0.15) is 64.9 Å². The Hall–Kier alpha value is -1.34. The number of aliphatic hydroxyl groups is 1. The first-order chi connectivity index (χ1) is 15.4. The van der Waals surface area contributed by atoms with Gasteiger partial charge in [-0.25, -0.2) is 0 Å². The fraction of sp³-hybridized carbons (Fsp3) is 0.769. The number of hydrogen-bond donors (Lipinski definition) is 2. The first kappa shape index (κ1) is 26.9. The van der Waals surface area contributed by atoms with Gasteiger partial charge in [0.2, 0.25) is 0 Å². The van der Waals surface area contributed by atoms with Crippen LogP contribution in [0.15, 0.2) is 18.2 Å². The Balaban J connectivity index is 1.95. The van der Waals surface area contributed by atoms with E-state index in [0.717, 1.165) is 43.7 Å². The lowest BCUT2D eigenvalue weighted by Crippen LogP contribution is -2.55. The molecule has 0 spiro atoms. The van der Waals surface area contributed by atoms with Crippen molar-refractivity contribution in [2.24, 2.45) is 17.6 Å². The Bertz CT molecular complexity index is 655. The van der Waals surface area contributed by atoms with E-state index in [0.29, 0.717) is 31.1 Å². The number of aliphatic hydroxyl groups excluding tert-OH is 1. The van der Waals surface area contributed by atoms with Gasteiger partial charge >= 0.3 is 0 Å². The summed E-state index contributed by atoms with van der Waals surface area (Å²) in [6.45, 7) is 9.01. The molecule has 0 bridgehead atoms. The highest BCUT2D eigenvalue weighted by molar-refractivity contribution is 5.43. The summed E-state index contributed by atoms with van der Waals surface area (Å²) in [5.74, 6) is 2.51. The largest absolute Gasteiger partial charge is 0.493 e. The third-order valence-corrected chi connectivity index (χ3v) is 6.88. The SMILES string of the molecule is COCCCOc1cc(C[C@H](CC[C@H](O)[C@@H](N)N2CCCC[C@@H]2C)C(C)C)ccc1OC. The minimum absolute atomic E-state index is 0.272. The van der Waals surface area contributed by atoms with Crippen LogP contribution in [0.3, 0.4) is 0 Å². The highest BCUT2D eigenvalue weighted by Crippen LogP contribution is 2.31. The summed E-state index contributed by atoms with van der Waals surface area (Å²) in [7, 11) is 3.37. The van der Waals surface area contributed by atoms with Crippen LogP contribution in [0.25, 0.3) is 0 Å². The van der Waals surface area contributed by atoms with Crippen molar-refractivity contribution in [1.82, 2.24) is 4.90 Å². The lowest BCUT2D eigenvalue weighted by molar-refractivity contribution is 0.00788. The van der Waals surface area contributed by atoms with Crippen LogP contribution < -0.4 is 15.2 Å². The van der Waals surface area contributed by atoms with Gasteiger partial charge in [0, 0.05) is 26.2 Å². The molecule has 1 aromatic rings. The highest BCUT2D eigenvalue weighted by Gasteiger charge is 2.29. The van der Waals surface area contributed by atoms with Crippen molar-refractivity contribution in [3.05, 3.63) is 23.8 Å².